The molecule has 0 amide bonds. The molecule has 2 heterocycles. The van der Waals surface area contributed by atoms with E-state index < -0.39 is 11.3 Å². The third-order valence-corrected chi connectivity index (χ3v) is 5.90. The van der Waals surface area contributed by atoms with Gasteiger partial charge in [0, 0.05) is 23.6 Å². The van der Waals surface area contributed by atoms with E-state index in [9.17, 15) is 4.21 Å². The maximum atomic E-state index is 11.1. The molecule has 2 aliphatic rings. The Balaban J connectivity index is 1.91. The van der Waals surface area contributed by atoms with Crippen LogP contribution in [0.5, 0.6) is 0 Å². The van der Waals surface area contributed by atoms with Gasteiger partial charge in [-0.25, -0.2) is 8.93 Å². The van der Waals surface area contributed by atoms with Gasteiger partial charge in [-0.2, -0.15) is 0 Å². The minimum absolute atomic E-state index is 0.147. The number of hydrogen-bond acceptors (Lipinski definition) is 3. The average Bonchev–Trinajstić information content (AvgIpc) is 2.79. The van der Waals surface area contributed by atoms with Gasteiger partial charge in [0.25, 0.3) is 0 Å². The zero-order chi connectivity index (χ0) is 14.8. The SMILES string of the molecule is O=S(O)NC1C=NCCC2C=CC(c3ccc(Br)s3)=CC21. The highest BCUT2D eigenvalue weighted by Crippen LogP contribution is 2.36. The molecule has 4 atom stereocenters. The van der Waals surface area contributed by atoms with Crippen LogP contribution in [0.3, 0.4) is 0 Å². The lowest BCUT2D eigenvalue weighted by molar-refractivity contribution is 0.419. The third-order valence-electron chi connectivity index (χ3n) is 3.76. The van der Waals surface area contributed by atoms with E-state index in [-0.39, 0.29) is 12.0 Å². The van der Waals surface area contributed by atoms with E-state index in [0.29, 0.717) is 5.92 Å². The molecule has 4 nitrogen and oxygen atoms in total. The Labute approximate surface area is 138 Å². The van der Waals surface area contributed by atoms with Gasteiger partial charge in [-0.05, 0) is 46.0 Å². The number of hydrogen-bond donors (Lipinski definition) is 2. The van der Waals surface area contributed by atoms with Crippen LogP contribution in [0.25, 0.3) is 5.57 Å². The molecule has 0 fully saturated rings. The summed E-state index contributed by atoms with van der Waals surface area (Å²) in [6.45, 7) is 0.759. The molecule has 0 saturated carbocycles. The van der Waals surface area contributed by atoms with Crippen LogP contribution in [0, 0.1) is 11.8 Å². The van der Waals surface area contributed by atoms with Crippen molar-refractivity contribution in [2.75, 3.05) is 6.54 Å². The molecule has 3 rings (SSSR count). The molecular weight excluding hydrogens is 372 g/mol. The van der Waals surface area contributed by atoms with Gasteiger partial charge in [0.2, 0.25) is 11.3 Å². The topological polar surface area (TPSA) is 61.7 Å². The number of aliphatic imine (C=N–C) groups is 1. The van der Waals surface area contributed by atoms with Crippen LogP contribution in [0.2, 0.25) is 0 Å². The van der Waals surface area contributed by atoms with E-state index in [2.05, 4.69) is 49.9 Å². The summed E-state index contributed by atoms with van der Waals surface area (Å²) in [7, 11) is 0. The largest absolute Gasteiger partial charge is 0.296 e. The fraction of sp³-hybridized carbons (Fsp3) is 0.357. The molecule has 0 spiro atoms. The molecule has 1 aliphatic carbocycles. The minimum Gasteiger partial charge on any atom is -0.296 e. The average molecular weight is 387 g/mol. The summed E-state index contributed by atoms with van der Waals surface area (Å²) >= 11 is 3.14. The van der Waals surface area contributed by atoms with Crippen LogP contribution in [0.1, 0.15) is 11.3 Å². The first kappa shape index (κ1) is 15.3. The molecule has 0 bridgehead atoms. The highest BCUT2D eigenvalue weighted by atomic mass is 79.9. The van der Waals surface area contributed by atoms with Gasteiger partial charge in [-0.3, -0.25) is 9.55 Å². The zero-order valence-electron chi connectivity index (χ0n) is 11.1. The quantitative estimate of drug-likeness (QED) is 0.782. The van der Waals surface area contributed by atoms with E-state index in [0.717, 1.165) is 22.3 Å². The van der Waals surface area contributed by atoms with E-state index in [1.54, 1.807) is 17.6 Å². The Morgan fingerprint density at radius 2 is 2.33 bits per heavy atom. The summed E-state index contributed by atoms with van der Waals surface area (Å²) in [5.74, 6) is 0.494. The molecule has 1 aromatic rings. The maximum Gasteiger partial charge on any atom is 0.232 e. The Kier molecular flexibility index (Phi) is 4.85. The number of allylic oxidation sites excluding steroid dienone is 3. The predicted molar refractivity (Wildman–Crippen MR) is 91.8 cm³/mol. The summed E-state index contributed by atoms with van der Waals surface area (Å²) in [5.41, 5.74) is 1.16. The number of thiophene rings is 1. The second-order valence-corrected chi connectivity index (χ2v) is 8.26. The van der Waals surface area contributed by atoms with Gasteiger partial charge in [-0.15, -0.1) is 11.3 Å². The van der Waals surface area contributed by atoms with Crippen molar-refractivity contribution in [3.63, 3.8) is 0 Å². The van der Waals surface area contributed by atoms with Crippen molar-refractivity contribution in [2.45, 2.75) is 12.5 Å². The van der Waals surface area contributed by atoms with Gasteiger partial charge < -0.3 is 0 Å². The van der Waals surface area contributed by atoms with E-state index >= 15 is 0 Å². The summed E-state index contributed by atoms with van der Waals surface area (Å²) < 4.78 is 24.0. The fourth-order valence-electron chi connectivity index (χ4n) is 2.77. The van der Waals surface area contributed by atoms with Crippen molar-refractivity contribution in [1.29, 1.82) is 0 Å². The summed E-state index contributed by atoms with van der Waals surface area (Å²) in [6, 6.07) is 3.91. The molecule has 21 heavy (non-hydrogen) atoms. The third kappa shape index (κ3) is 3.60. The van der Waals surface area contributed by atoms with Crippen molar-refractivity contribution in [2.24, 2.45) is 16.8 Å². The monoisotopic (exact) mass is 386 g/mol. The van der Waals surface area contributed by atoms with Gasteiger partial charge in [0.15, 0.2) is 0 Å². The Hall–Kier alpha value is -0.600. The van der Waals surface area contributed by atoms with Crippen molar-refractivity contribution in [1.82, 2.24) is 4.72 Å². The minimum atomic E-state index is -2.04. The first-order chi connectivity index (χ1) is 10.1. The lowest BCUT2D eigenvalue weighted by Gasteiger charge is -2.28. The van der Waals surface area contributed by atoms with Crippen LogP contribution in [-0.4, -0.2) is 27.6 Å². The molecule has 4 unspecified atom stereocenters. The number of nitrogens with one attached hydrogen (secondary N) is 1. The summed E-state index contributed by atoms with van der Waals surface area (Å²) in [4.78, 5) is 5.53. The van der Waals surface area contributed by atoms with Gasteiger partial charge in [0.05, 0.1) is 9.83 Å². The van der Waals surface area contributed by atoms with Crippen molar-refractivity contribution in [3.05, 3.63) is 39.0 Å². The molecule has 1 aliphatic heterocycles. The molecule has 0 aromatic carbocycles. The molecule has 0 saturated heterocycles. The fourth-order valence-corrected chi connectivity index (χ4v) is 4.61. The van der Waals surface area contributed by atoms with Crippen molar-refractivity contribution < 1.29 is 8.76 Å². The number of fused-ring (bicyclic) bond motifs is 1. The van der Waals surface area contributed by atoms with E-state index in [4.69, 9.17) is 4.55 Å². The van der Waals surface area contributed by atoms with Crippen LogP contribution < -0.4 is 4.72 Å². The van der Waals surface area contributed by atoms with Gasteiger partial charge >= 0.3 is 0 Å². The van der Waals surface area contributed by atoms with Crippen LogP contribution >= 0.6 is 27.3 Å². The number of rotatable bonds is 3. The lowest BCUT2D eigenvalue weighted by Crippen LogP contribution is -2.40. The summed E-state index contributed by atoms with van der Waals surface area (Å²) in [5, 5.41) is 0. The molecule has 112 valence electrons. The highest BCUT2D eigenvalue weighted by Gasteiger charge is 2.30. The first-order valence-corrected chi connectivity index (χ1v) is 9.38. The zero-order valence-corrected chi connectivity index (χ0v) is 14.3. The van der Waals surface area contributed by atoms with Crippen LogP contribution in [0.4, 0.5) is 0 Å². The Morgan fingerprint density at radius 3 is 3.05 bits per heavy atom. The predicted octanol–water partition coefficient (Wildman–Crippen LogP) is 3.27. The van der Waals surface area contributed by atoms with Gasteiger partial charge in [0.1, 0.15) is 0 Å². The molecule has 2 N–H and O–H groups in total. The van der Waals surface area contributed by atoms with Crippen molar-refractivity contribution >= 4 is 50.3 Å². The lowest BCUT2D eigenvalue weighted by atomic mass is 9.80. The second-order valence-electron chi connectivity index (χ2n) is 5.06. The summed E-state index contributed by atoms with van der Waals surface area (Å²) in [6.07, 6.45) is 9.29. The standard InChI is InChI=1S/C14H15BrN2O2S2/c15-14-4-3-13(20-14)10-2-1-9-5-6-16-8-12(11(9)7-10)17-21(18)19/h1-4,7-9,11-12,17H,5-6H2,(H,18,19). The van der Waals surface area contributed by atoms with E-state index in [1.807, 2.05) is 6.07 Å². The van der Waals surface area contributed by atoms with Crippen LogP contribution in [0.15, 0.2) is 39.1 Å². The van der Waals surface area contributed by atoms with Crippen LogP contribution in [-0.2, 0) is 11.3 Å². The van der Waals surface area contributed by atoms with Gasteiger partial charge in [-0.1, -0.05) is 18.2 Å². The Bertz CT molecular complexity index is 639. The number of halogens is 1. The Morgan fingerprint density at radius 1 is 1.48 bits per heavy atom. The second kappa shape index (κ2) is 6.66. The number of nitrogens with zero attached hydrogens (tertiary/aromatic N) is 1. The van der Waals surface area contributed by atoms with Crippen molar-refractivity contribution in [3.8, 4) is 0 Å². The van der Waals surface area contributed by atoms with E-state index in [1.165, 1.54) is 4.88 Å². The molecule has 0 radical (unpaired) electrons. The first-order valence-electron chi connectivity index (χ1n) is 6.66. The molecule has 7 heteroatoms. The molecular formula is C14H15BrN2O2S2. The maximum absolute atomic E-state index is 11.1. The smallest absolute Gasteiger partial charge is 0.232 e. The highest BCUT2D eigenvalue weighted by molar-refractivity contribution is 9.11. The normalized spacial score (nSPS) is 29.6. The molecule has 1 aromatic heterocycles.